The number of pyridine rings is 1. The van der Waals surface area contributed by atoms with Crippen LogP contribution in [0.1, 0.15) is 31.0 Å². The average Bonchev–Trinajstić information content (AvgIpc) is 2.75. The van der Waals surface area contributed by atoms with E-state index in [-0.39, 0.29) is 6.61 Å². The molecule has 0 aliphatic rings. The van der Waals surface area contributed by atoms with Crippen LogP contribution in [-0.2, 0) is 6.61 Å². The highest BCUT2D eigenvalue weighted by Gasteiger charge is 2.08. The Morgan fingerprint density at radius 3 is 2.71 bits per heavy atom. The molecule has 4 nitrogen and oxygen atoms in total. The van der Waals surface area contributed by atoms with Gasteiger partial charge in [0.05, 0.1) is 17.3 Å². The predicted molar refractivity (Wildman–Crippen MR) is 69.1 cm³/mol. The van der Waals surface area contributed by atoms with E-state index in [1.807, 2.05) is 18.3 Å². The zero-order valence-electron chi connectivity index (χ0n) is 9.76. The third kappa shape index (κ3) is 2.73. The van der Waals surface area contributed by atoms with Crippen molar-refractivity contribution >= 4 is 15.9 Å². The molecule has 2 aromatic rings. The molecule has 0 aliphatic carbocycles. The highest BCUT2D eigenvalue weighted by Crippen LogP contribution is 2.18. The fourth-order valence-corrected chi connectivity index (χ4v) is 1.81. The molecule has 2 heterocycles. The van der Waals surface area contributed by atoms with Crippen molar-refractivity contribution in [2.75, 3.05) is 0 Å². The van der Waals surface area contributed by atoms with Gasteiger partial charge in [0.15, 0.2) is 5.82 Å². The number of hydrogen-bond acceptors (Lipinski definition) is 3. The third-order valence-electron chi connectivity index (χ3n) is 2.45. The topological polar surface area (TPSA) is 50.9 Å². The Labute approximate surface area is 108 Å². The Kier molecular flexibility index (Phi) is 3.59. The zero-order valence-corrected chi connectivity index (χ0v) is 11.3. The lowest BCUT2D eigenvalue weighted by molar-refractivity contribution is 0.281. The molecule has 2 rings (SSSR count). The fraction of sp³-hybridized carbons (Fsp3) is 0.333. The van der Waals surface area contributed by atoms with Crippen LogP contribution in [0.4, 0.5) is 0 Å². The summed E-state index contributed by atoms with van der Waals surface area (Å²) in [7, 11) is 0. The maximum atomic E-state index is 9.25. The summed E-state index contributed by atoms with van der Waals surface area (Å²) in [6.07, 6.45) is 3.55. The van der Waals surface area contributed by atoms with E-state index in [1.54, 1.807) is 10.9 Å². The van der Waals surface area contributed by atoms with Gasteiger partial charge in [-0.2, -0.15) is 5.10 Å². The fourth-order valence-electron chi connectivity index (χ4n) is 1.52. The number of aliphatic hydroxyl groups is 1. The van der Waals surface area contributed by atoms with Crippen molar-refractivity contribution in [3.05, 3.63) is 40.3 Å². The largest absolute Gasteiger partial charge is 0.392 e. The minimum atomic E-state index is 0.0116. The quantitative estimate of drug-likeness (QED) is 0.947. The van der Waals surface area contributed by atoms with Crippen LogP contribution in [0.3, 0.4) is 0 Å². The van der Waals surface area contributed by atoms with Crippen LogP contribution in [0.2, 0.25) is 0 Å². The maximum absolute atomic E-state index is 9.25. The standard InChI is InChI=1S/C12H14BrN3O/c1-8(2)11-3-9(7-17)4-12(15-11)16-6-10(13)5-14-16/h3-6,8,17H,7H2,1-2H3. The Bertz CT molecular complexity index is 522. The molecule has 5 heteroatoms. The van der Waals surface area contributed by atoms with Crippen LogP contribution in [0.15, 0.2) is 29.0 Å². The number of nitrogens with zero attached hydrogens (tertiary/aromatic N) is 3. The highest BCUT2D eigenvalue weighted by molar-refractivity contribution is 9.10. The molecule has 1 N–H and O–H groups in total. The Hall–Kier alpha value is -1.20. The van der Waals surface area contributed by atoms with Gasteiger partial charge in [0, 0.05) is 11.9 Å². The molecular weight excluding hydrogens is 282 g/mol. The summed E-state index contributed by atoms with van der Waals surface area (Å²) in [6.45, 7) is 4.16. The van der Waals surface area contributed by atoms with Gasteiger partial charge in [0.25, 0.3) is 0 Å². The third-order valence-corrected chi connectivity index (χ3v) is 2.86. The zero-order chi connectivity index (χ0) is 12.4. The second kappa shape index (κ2) is 4.98. The average molecular weight is 296 g/mol. The molecule has 0 aliphatic heterocycles. The molecule has 0 amide bonds. The Morgan fingerprint density at radius 2 is 2.18 bits per heavy atom. The van der Waals surface area contributed by atoms with Gasteiger partial charge in [0.1, 0.15) is 0 Å². The van der Waals surface area contributed by atoms with Crippen LogP contribution in [0, 0.1) is 0 Å². The molecule has 0 aromatic carbocycles. The molecule has 0 atom stereocenters. The first-order valence-electron chi connectivity index (χ1n) is 5.42. The molecule has 0 bridgehead atoms. The van der Waals surface area contributed by atoms with E-state index >= 15 is 0 Å². The lowest BCUT2D eigenvalue weighted by Gasteiger charge is -2.09. The summed E-state index contributed by atoms with van der Waals surface area (Å²) in [6, 6.07) is 3.76. The van der Waals surface area contributed by atoms with Crippen molar-refractivity contribution in [1.82, 2.24) is 14.8 Å². The van der Waals surface area contributed by atoms with Gasteiger partial charge in [0.2, 0.25) is 0 Å². The summed E-state index contributed by atoms with van der Waals surface area (Å²) < 4.78 is 2.59. The summed E-state index contributed by atoms with van der Waals surface area (Å²) >= 11 is 3.35. The first kappa shape index (κ1) is 12.3. The summed E-state index contributed by atoms with van der Waals surface area (Å²) in [5, 5.41) is 13.4. The lowest BCUT2D eigenvalue weighted by atomic mass is 10.1. The van der Waals surface area contributed by atoms with E-state index in [0.717, 1.165) is 21.5 Å². The summed E-state index contributed by atoms with van der Waals surface area (Å²) in [5.74, 6) is 1.05. The van der Waals surface area contributed by atoms with Crippen LogP contribution in [-0.4, -0.2) is 19.9 Å². The van der Waals surface area contributed by atoms with Crippen LogP contribution in [0.5, 0.6) is 0 Å². The SMILES string of the molecule is CC(C)c1cc(CO)cc(-n2cc(Br)cn2)n1. The second-order valence-corrected chi connectivity index (χ2v) is 5.09. The monoisotopic (exact) mass is 295 g/mol. The molecule has 0 radical (unpaired) electrons. The number of aromatic nitrogens is 3. The number of aliphatic hydroxyl groups excluding tert-OH is 1. The molecule has 0 saturated carbocycles. The minimum absolute atomic E-state index is 0.0116. The van der Waals surface area contributed by atoms with Crippen molar-refractivity contribution in [2.24, 2.45) is 0 Å². The van der Waals surface area contributed by atoms with Crippen molar-refractivity contribution in [3.8, 4) is 5.82 Å². The Morgan fingerprint density at radius 1 is 1.41 bits per heavy atom. The molecule has 0 fully saturated rings. The second-order valence-electron chi connectivity index (χ2n) is 4.17. The number of hydrogen-bond donors (Lipinski definition) is 1. The van der Waals surface area contributed by atoms with Crippen molar-refractivity contribution < 1.29 is 5.11 Å². The lowest BCUT2D eigenvalue weighted by Crippen LogP contribution is -2.04. The maximum Gasteiger partial charge on any atom is 0.153 e. The van der Waals surface area contributed by atoms with Crippen LogP contribution < -0.4 is 0 Å². The predicted octanol–water partition coefficient (Wildman–Crippen LogP) is 2.65. The van der Waals surface area contributed by atoms with E-state index in [4.69, 9.17) is 0 Å². The van der Waals surface area contributed by atoms with Gasteiger partial charge >= 0.3 is 0 Å². The molecule has 0 saturated heterocycles. The molecule has 90 valence electrons. The van der Waals surface area contributed by atoms with Gasteiger partial charge in [-0.15, -0.1) is 0 Å². The summed E-state index contributed by atoms with van der Waals surface area (Å²) in [4.78, 5) is 4.53. The van der Waals surface area contributed by atoms with Gasteiger partial charge in [-0.25, -0.2) is 9.67 Å². The van der Waals surface area contributed by atoms with E-state index in [1.165, 1.54) is 0 Å². The van der Waals surface area contributed by atoms with Crippen molar-refractivity contribution in [2.45, 2.75) is 26.4 Å². The van der Waals surface area contributed by atoms with Crippen LogP contribution in [0.25, 0.3) is 5.82 Å². The van der Waals surface area contributed by atoms with Gasteiger partial charge in [-0.05, 0) is 39.5 Å². The smallest absolute Gasteiger partial charge is 0.153 e. The Balaban J connectivity index is 2.49. The number of halogens is 1. The molecule has 2 aromatic heterocycles. The van der Waals surface area contributed by atoms with Gasteiger partial charge < -0.3 is 5.11 Å². The molecule has 0 unspecified atom stereocenters. The first-order valence-corrected chi connectivity index (χ1v) is 6.21. The highest BCUT2D eigenvalue weighted by atomic mass is 79.9. The van der Waals surface area contributed by atoms with E-state index in [0.29, 0.717) is 5.92 Å². The van der Waals surface area contributed by atoms with Crippen LogP contribution >= 0.6 is 15.9 Å². The van der Waals surface area contributed by atoms with Crippen molar-refractivity contribution in [1.29, 1.82) is 0 Å². The van der Waals surface area contributed by atoms with E-state index < -0.39 is 0 Å². The minimum Gasteiger partial charge on any atom is -0.392 e. The van der Waals surface area contributed by atoms with Crippen molar-refractivity contribution in [3.63, 3.8) is 0 Å². The van der Waals surface area contributed by atoms with E-state index in [2.05, 4.69) is 39.9 Å². The normalized spacial score (nSPS) is 11.1. The van der Waals surface area contributed by atoms with Gasteiger partial charge in [-0.1, -0.05) is 13.8 Å². The summed E-state index contributed by atoms with van der Waals surface area (Å²) in [5.41, 5.74) is 1.81. The number of rotatable bonds is 3. The molecular formula is C12H14BrN3O. The molecule has 17 heavy (non-hydrogen) atoms. The molecule has 0 spiro atoms. The van der Waals surface area contributed by atoms with Gasteiger partial charge in [-0.3, -0.25) is 0 Å². The first-order chi connectivity index (χ1) is 8.10. The van der Waals surface area contributed by atoms with E-state index in [9.17, 15) is 5.11 Å².